The first-order valence-corrected chi connectivity index (χ1v) is 8.71. The number of hydrogen-bond acceptors (Lipinski definition) is 4. The molecule has 0 saturated carbocycles. The van der Waals surface area contributed by atoms with Gasteiger partial charge in [-0.15, -0.1) is 0 Å². The predicted octanol–water partition coefficient (Wildman–Crippen LogP) is 3.63. The van der Waals surface area contributed by atoms with Crippen molar-refractivity contribution in [2.75, 3.05) is 32.5 Å². The first kappa shape index (κ1) is 18.9. The number of nitrogens with zero attached hydrogens (tertiary/aromatic N) is 2. The maximum absolute atomic E-state index is 12.1. The molecule has 0 fully saturated rings. The van der Waals surface area contributed by atoms with E-state index in [1.54, 1.807) is 12.3 Å². The van der Waals surface area contributed by atoms with Crippen LogP contribution in [0.25, 0.3) is 0 Å². The van der Waals surface area contributed by atoms with Gasteiger partial charge >= 0.3 is 0 Å². The molecule has 0 unspecified atom stereocenters. The lowest BCUT2D eigenvalue weighted by molar-refractivity contribution is 0.0947. The molecule has 25 heavy (non-hydrogen) atoms. The minimum Gasteiger partial charge on any atom is -0.354 e. The molecule has 0 aliphatic carbocycles. The van der Waals surface area contributed by atoms with Crippen molar-refractivity contribution in [1.82, 2.24) is 15.2 Å². The number of benzene rings is 1. The highest BCUT2D eigenvalue weighted by molar-refractivity contribution is 5.92. The Morgan fingerprint density at radius 1 is 1.08 bits per heavy atom. The van der Waals surface area contributed by atoms with E-state index in [1.165, 1.54) is 5.56 Å². The summed E-state index contributed by atoms with van der Waals surface area (Å²) in [6, 6.07) is 12.0. The quantitative estimate of drug-likeness (QED) is 0.721. The number of anilines is 2. The van der Waals surface area contributed by atoms with Gasteiger partial charge < -0.3 is 15.5 Å². The van der Waals surface area contributed by atoms with E-state index in [1.807, 2.05) is 20.2 Å². The van der Waals surface area contributed by atoms with Crippen LogP contribution in [0.1, 0.15) is 42.2 Å². The highest BCUT2D eigenvalue weighted by Gasteiger charge is 2.07. The Bertz CT molecular complexity index is 663. The number of hydrogen-bond donors (Lipinski definition) is 2. The van der Waals surface area contributed by atoms with E-state index in [0.29, 0.717) is 18.2 Å². The van der Waals surface area contributed by atoms with E-state index >= 15 is 0 Å². The van der Waals surface area contributed by atoms with Gasteiger partial charge in [-0.2, -0.15) is 0 Å². The summed E-state index contributed by atoms with van der Waals surface area (Å²) in [5.74, 6) is 0.387. The molecule has 1 heterocycles. The number of nitrogens with one attached hydrogen (secondary N) is 2. The average molecular weight is 340 g/mol. The minimum atomic E-state index is -0.133. The number of amides is 1. The minimum absolute atomic E-state index is 0.133. The number of rotatable bonds is 8. The van der Waals surface area contributed by atoms with E-state index in [-0.39, 0.29) is 5.91 Å². The zero-order valence-corrected chi connectivity index (χ0v) is 15.5. The Hall–Kier alpha value is -2.40. The second kappa shape index (κ2) is 9.18. The summed E-state index contributed by atoms with van der Waals surface area (Å²) in [5, 5.41) is 6.19. The first-order valence-electron chi connectivity index (χ1n) is 8.71. The fourth-order valence-electron chi connectivity index (χ4n) is 2.41. The lowest BCUT2D eigenvalue weighted by atomic mass is 10.0. The number of aromatic nitrogens is 1. The van der Waals surface area contributed by atoms with Gasteiger partial charge in [0.15, 0.2) is 0 Å². The summed E-state index contributed by atoms with van der Waals surface area (Å²) in [7, 11) is 4.04. The summed E-state index contributed by atoms with van der Waals surface area (Å²) in [6.45, 7) is 5.96. The molecule has 2 N–H and O–H groups in total. The molecule has 0 saturated heterocycles. The second-order valence-corrected chi connectivity index (χ2v) is 6.75. The van der Waals surface area contributed by atoms with Gasteiger partial charge in [0.25, 0.3) is 5.91 Å². The SMILES string of the molecule is CC(C)c1ccc(Nc2ccc(C(=O)NCCCN(C)C)nc2)cc1. The van der Waals surface area contributed by atoms with Gasteiger partial charge in [-0.25, -0.2) is 4.98 Å². The third-order valence-electron chi connectivity index (χ3n) is 3.93. The molecule has 1 aromatic heterocycles. The van der Waals surface area contributed by atoms with Crippen molar-refractivity contribution in [2.24, 2.45) is 0 Å². The van der Waals surface area contributed by atoms with Crippen molar-refractivity contribution < 1.29 is 4.79 Å². The van der Waals surface area contributed by atoms with Crippen LogP contribution in [-0.4, -0.2) is 43.0 Å². The van der Waals surface area contributed by atoms with E-state index in [2.05, 4.69) is 58.6 Å². The van der Waals surface area contributed by atoms with E-state index in [9.17, 15) is 4.79 Å². The van der Waals surface area contributed by atoms with Crippen LogP contribution in [0.4, 0.5) is 11.4 Å². The standard InChI is InChI=1S/C20H28N4O/c1-15(2)16-6-8-17(9-7-16)23-18-10-11-19(22-14-18)20(25)21-12-5-13-24(3)4/h6-11,14-15,23H,5,12-13H2,1-4H3,(H,21,25). The van der Waals surface area contributed by atoms with Gasteiger partial charge in [0.2, 0.25) is 0 Å². The van der Waals surface area contributed by atoms with Crippen LogP contribution >= 0.6 is 0 Å². The zero-order valence-electron chi connectivity index (χ0n) is 15.5. The fourth-order valence-corrected chi connectivity index (χ4v) is 2.41. The maximum Gasteiger partial charge on any atom is 0.269 e. The van der Waals surface area contributed by atoms with Crippen LogP contribution in [0.3, 0.4) is 0 Å². The molecule has 5 nitrogen and oxygen atoms in total. The highest BCUT2D eigenvalue weighted by atomic mass is 16.1. The van der Waals surface area contributed by atoms with Crippen LogP contribution in [-0.2, 0) is 0 Å². The lowest BCUT2D eigenvalue weighted by Crippen LogP contribution is -2.27. The molecule has 0 aliphatic heterocycles. The molecule has 0 radical (unpaired) electrons. The molecule has 2 rings (SSSR count). The van der Waals surface area contributed by atoms with Gasteiger partial charge in [0.1, 0.15) is 5.69 Å². The monoisotopic (exact) mass is 340 g/mol. The zero-order chi connectivity index (χ0) is 18.2. The summed E-state index contributed by atoms with van der Waals surface area (Å²) >= 11 is 0. The van der Waals surface area contributed by atoms with Gasteiger partial charge in [-0.3, -0.25) is 4.79 Å². The van der Waals surface area contributed by atoms with Crippen LogP contribution in [0.5, 0.6) is 0 Å². The van der Waals surface area contributed by atoms with Crippen molar-refractivity contribution in [2.45, 2.75) is 26.2 Å². The Kier molecular flexibility index (Phi) is 6.95. The summed E-state index contributed by atoms with van der Waals surface area (Å²) in [4.78, 5) is 18.4. The smallest absolute Gasteiger partial charge is 0.269 e. The molecule has 0 spiro atoms. The third kappa shape index (κ3) is 6.19. The highest BCUT2D eigenvalue weighted by Crippen LogP contribution is 2.20. The van der Waals surface area contributed by atoms with Gasteiger partial charge in [0.05, 0.1) is 11.9 Å². The second-order valence-electron chi connectivity index (χ2n) is 6.75. The Balaban J connectivity index is 1.87. The van der Waals surface area contributed by atoms with Gasteiger partial charge in [0, 0.05) is 12.2 Å². The molecular formula is C20H28N4O. The topological polar surface area (TPSA) is 57.3 Å². The molecule has 0 aliphatic rings. The predicted molar refractivity (Wildman–Crippen MR) is 104 cm³/mol. The molecule has 0 bridgehead atoms. The van der Waals surface area contributed by atoms with Crippen molar-refractivity contribution >= 4 is 17.3 Å². The van der Waals surface area contributed by atoms with Crippen molar-refractivity contribution in [3.63, 3.8) is 0 Å². The summed E-state index contributed by atoms with van der Waals surface area (Å²) in [6.07, 6.45) is 2.61. The summed E-state index contributed by atoms with van der Waals surface area (Å²) < 4.78 is 0. The molecule has 0 atom stereocenters. The van der Waals surface area contributed by atoms with Crippen molar-refractivity contribution in [3.8, 4) is 0 Å². The van der Waals surface area contributed by atoms with Crippen LogP contribution < -0.4 is 10.6 Å². The molecule has 1 amide bonds. The largest absolute Gasteiger partial charge is 0.354 e. The number of pyridine rings is 1. The Morgan fingerprint density at radius 2 is 1.76 bits per heavy atom. The third-order valence-corrected chi connectivity index (χ3v) is 3.93. The van der Waals surface area contributed by atoms with Gasteiger partial charge in [-0.05, 0) is 62.8 Å². The fraction of sp³-hybridized carbons (Fsp3) is 0.400. The Morgan fingerprint density at radius 3 is 2.32 bits per heavy atom. The maximum atomic E-state index is 12.1. The van der Waals surface area contributed by atoms with Crippen LogP contribution in [0, 0.1) is 0 Å². The normalized spacial score (nSPS) is 11.0. The average Bonchev–Trinajstić information content (AvgIpc) is 2.59. The van der Waals surface area contributed by atoms with Crippen molar-refractivity contribution in [1.29, 1.82) is 0 Å². The lowest BCUT2D eigenvalue weighted by Gasteiger charge is -2.11. The molecule has 134 valence electrons. The molecule has 5 heteroatoms. The van der Waals surface area contributed by atoms with Crippen LogP contribution in [0.15, 0.2) is 42.6 Å². The van der Waals surface area contributed by atoms with E-state index < -0.39 is 0 Å². The molecule has 1 aromatic carbocycles. The van der Waals surface area contributed by atoms with E-state index in [4.69, 9.17) is 0 Å². The number of carbonyl (C=O) groups is 1. The first-order chi connectivity index (χ1) is 12.0. The Labute approximate surface area is 150 Å². The van der Waals surface area contributed by atoms with Crippen LogP contribution in [0.2, 0.25) is 0 Å². The number of carbonyl (C=O) groups excluding carboxylic acids is 1. The van der Waals surface area contributed by atoms with Gasteiger partial charge in [-0.1, -0.05) is 26.0 Å². The van der Waals surface area contributed by atoms with E-state index in [0.717, 1.165) is 24.3 Å². The molecular weight excluding hydrogens is 312 g/mol. The molecule has 2 aromatic rings. The summed E-state index contributed by atoms with van der Waals surface area (Å²) in [5.41, 5.74) is 3.61. The van der Waals surface area contributed by atoms with Crippen molar-refractivity contribution in [3.05, 3.63) is 53.9 Å².